The Kier molecular flexibility index (Phi) is 2.05. The van der Waals surface area contributed by atoms with E-state index in [1.807, 2.05) is 17.4 Å². The van der Waals surface area contributed by atoms with Crippen LogP contribution < -0.4 is 0 Å². The van der Waals surface area contributed by atoms with Crippen LogP contribution in [0.5, 0.6) is 0 Å². The molecule has 86 valence electrons. The Morgan fingerprint density at radius 3 is 2.67 bits per heavy atom. The summed E-state index contributed by atoms with van der Waals surface area (Å²) in [5.41, 5.74) is 2.16. The van der Waals surface area contributed by atoms with Gasteiger partial charge >= 0.3 is 0 Å². The number of fused-ring (bicyclic) bond motifs is 2. The maximum Gasteiger partial charge on any atom is 0.142 e. The Morgan fingerprint density at radius 1 is 0.833 bits per heavy atom. The maximum absolute atomic E-state index is 5.61. The van der Waals surface area contributed by atoms with E-state index >= 15 is 0 Å². The first-order chi connectivity index (χ1) is 8.92. The first-order valence-electron chi connectivity index (χ1n) is 5.87. The minimum absolute atomic E-state index is 0.976. The molecular formula is C16H10OS. The lowest BCUT2D eigenvalue weighted by atomic mass is 10.1. The molecule has 0 atom stereocenters. The number of furan rings is 1. The van der Waals surface area contributed by atoms with Crippen molar-refractivity contribution < 1.29 is 4.42 Å². The Balaban J connectivity index is 2.04. The summed E-state index contributed by atoms with van der Waals surface area (Å²) in [6, 6.07) is 19.0. The molecule has 0 aliphatic heterocycles. The second kappa shape index (κ2) is 3.72. The van der Waals surface area contributed by atoms with Crippen molar-refractivity contribution in [3.05, 3.63) is 60.9 Å². The first kappa shape index (κ1) is 9.92. The van der Waals surface area contributed by atoms with Crippen LogP contribution in [-0.2, 0) is 0 Å². The zero-order valence-corrected chi connectivity index (χ0v) is 10.4. The maximum atomic E-state index is 5.61. The second-order valence-electron chi connectivity index (χ2n) is 4.29. The van der Waals surface area contributed by atoms with Gasteiger partial charge in [0.15, 0.2) is 0 Å². The lowest BCUT2D eigenvalue weighted by Gasteiger charge is -1.97. The van der Waals surface area contributed by atoms with E-state index < -0.39 is 0 Å². The zero-order chi connectivity index (χ0) is 11.9. The molecule has 4 aromatic rings. The van der Waals surface area contributed by atoms with Crippen LogP contribution in [0.2, 0.25) is 0 Å². The summed E-state index contributed by atoms with van der Waals surface area (Å²) in [6.45, 7) is 0. The average Bonchev–Trinajstić information content (AvgIpc) is 3.04. The molecule has 2 heteroatoms. The SMILES string of the molecule is c1ccc2sc(-c3cccc4ccoc34)cc2c1. The topological polar surface area (TPSA) is 13.1 Å². The molecule has 18 heavy (non-hydrogen) atoms. The van der Waals surface area contributed by atoms with Crippen LogP contribution in [0, 0.1) is 0 Å². The van der Waals surface area contributed by atoms with Gasteiger partial charge in [0.2, 0.25) is 0 Å². The Bertz CT molecular complexity index is 805. The lowest BCUT2D eigenvalue weighted by Crippen LogP contribution is -1.72. The summed E-state index contributed by atoms with van der Waals surface area (Å²) in [7, 11) is 0. The third-order valence-corrected chi connectivity index (χ3v) is 4.32. The molecule has 4 rings (SSSR count). The zero-order valence-electron chi connectivity index (χ0n) is 9.59. The van der Waals surface area contributed by atoms with Gasteiger partial charge in [-0.3, -0.25) is 0 Å². The summed E-state index contributed by atoms with van der Waals surface area (Å²) in [5, 5.41) is 2.45. The van der Waals surface area contributed by atoms with E-state index in [-0.39, 0.29) is 0 Å². The normalized spacial score (nSPS) is 11.3. The Morgan fingerprint density at radius 2 is 1.72 bits per heavy atom. The van der Waals surface area contributed by atoms with Crippen LogP contribution in [0.3, 0.4) is 0 Å². The molecule has 0 spiro atoms. The summed E-state index contributed by atoms with van der Waals surface area (Å²) in [4.78, 5) is 1.26. The summed E-state index contributed by atoms with van der Waals surface area (Å²) in [6.07, 6.45) is 1.75. The van der Waals surface area contributed by atoms with Crippen molar-refractivity contribution in [1.82, 2.24) is 0 Å². The fourth-order valence-electron chi connectivity index (χ4n) is 2.30. The smallest absolute Gasteiger partial charge is 0.142 e. The minimum atomic E-state index is 0.976. The number of hydrogen-bond acceptors (Lipinski definition) is 2. The molecule has 0 fully saturated rings. The van der Waals surface area contributed by atoms with Crippen molar-refractivity contribution in [3.8, 4) is 10.4 Å². The van der Waals surface area contributed by atoms with Crippen LogP contribution in [0.1, 0.15) is 0 Å². The number of thiophene rings is 1. The molecule has 0 radical (unpaired) electrons. The van der Waals surface area contributed by atoms with Gasteiger partial charge in [0.05, 0.1) is 6.26 Å². The molecule has 0 amide bonds. The third kappa shape index (κ3) is 1.39. The van der Waals surface area contributed by atoms with E-state index in [9.17, 15) is 0 Å². The van der Waals surface area contributed by atoms with Crippen LogP contribution in [0.15, 0.2) is 65.3 Å². The first-order valence-corrected chi connectivity index (χ1v) is 6.69. The quantitative estimate of drug-likeness (QED) is 0.446. The minimum Gasteiger partial charge on any atom is -0.464 e. The van der Waals surface area contributed by atoms with Gasteiger partial charge in [0, 0.05) is 20.5 Å². The Labute approximate surface area is 108 Å². The van der Waals surface area contributed by atoms with Crippen molar-refractivity contribution >= 4 is 32.4 Å². The van der Waals surface area contributed by atoms with E-state index in [4.69, 9.17) is 4.42 Å². The fraction of sp³-hybridized carbons (Fsp3) is 0. The number of rotatable bonds is 1. The van der Waals surface area contributed by atoms with Crippen LogP contribution in [0.4, 0.5) is 0 Å². The molecule has 0 saturated carbocycles. The largest absolute Gasteiger partial charge is 0.464 e. The van der Waals surface area contributed by atoms with E-state index in [1.165, 1.54) is 20.5 Å². The highest BCUT2D eigenvalue weighted by Gasteiger charge is 2.09. The second-order valence-corrected chi connectivity index (χ2v) is 5.38. The van der Waals surface area contributed by atoms with Crippen LogP contribution in [-0.4, -0.2) is 0 Å². The lowest BCUT2D eigenvalue weighted by molar-refractivity contribution is 0.617. The van der Waals surface area contributed by atoms with Gasteiger partial charge in [0.1, 0.15) is 5.58 Å². The van der Waals surface area contributed by atoms with Crippen LogP contribution in [0.25, 0.3) is 31.5 Å². The van der Waals surface area contributed by atoms with Crippen LogP contribution >= 0.6 is 11.3 Å². The van der Waals surface area contributed by atoms with Gasteiger partial charge in [-0.25, -0.2) is 0 Å². The third-order valence-electron chi connectivity index (χ3n) is 3.17. The van der Waals surface area contributed by atoms with Gasteiger partial charge in [-0.2, -0.15) is 0 Å². The molecule has 0 aliphatic rings. The summed E-state index contributed by atoms with van der Waals surface area (Å²) in [5.74, 6) is 0. The monoisotopic (exact) mass is 250 g/mol. The molecule has 0 bridgehead atoms. The molecular weight excluding hydrogens is 240 g/mol. The van der Waals surface area contributed by atoms with Gasteiger partial charge in [-0.05, 0) is 29.7 Å². The molecule has 0 N–H and O–H groups in total. The van der Waals surface area contributed by atoms with Gasteiger partial charge in [-0.15, -0.1) is 11.3 Å². The van der Waals surface area contributed by atoms with Crippen molar-refractivity contribution in [2.45, 2.75) is 0 Å². The molecule has 2 aromatic carbocycles. The molecule has 1 nitrogen and oxygen atoms in total. The van der Waals surface area contributed by atoms with Crippen molar-refractivity contribution in [2.75, 3.05) is 0 Å². The fourth-order valence-corrected chi connectivity index (χ4v) is 3.39. The molecule has 0 aliphatic carbocycles. The highest BCUT2D eigenvalue weighted by atomic mass is 32.1. The van der Waals surface area contributed by atoms with E-state index in [0.717, 1.165) is 11.0 Å². The van der Waals surface area contributed by atoms with E-state index in [0.29, 0.717) is 0 Å². The molecule has 0 unspecified atom stereocenters. The van der Waals surface area contributed by atoms with Gasteiger partial charge in [-0.1, -0.05) is 30.3 Å². The van der Waals surface area contributed by atoms with Gasteiger partial charge in [0.25, 0.3) is 0 Å². The average molecular weight is 250 g/mol. The highest BCUT2D eigenvalue weighted by molar-refractivity contribution is 7.22. The van der Waals surface area contributed by atoms with Crippen molar-refractivity contribution in [2.24, 2.45) is 0 Å². The predicted molar refractivity (Wildman–Crippen MR) is 77.0 cm³/mol. The molecule has 2 aromatic heterocycles. The number of hydrogen-bond donors (Lipinski definition) is 0. The van der Waals surface area contributed by atoms with Gasteiger partial charge < -0.3 is 4.42 Å². The standard InChI is InChI=1S/C16H10OS/c1-2-7-14-12(4-1)10-15(18-14)13-6-3-5-11-8-9-17-16(11)13/h1-10H. The molecule has 2 heterocycles. The predicted octanol–water partition coefficient (Wildman–Crippen LogP) is 5.31. The number of benzene rings is 2. The summed E-state index contributed by atoms with van der Waals surface area (Å²) >= 11 is 1.81. The molecule has 0 saturated heterocycles. The van der Waals surface area contributed by atoms with E-state index in [2.05, 4.69) is 48.5 Å². The van der Waals surface area contributed by atoms with Crippen molar-refractivity contribution in [1.29, 1.82) is 0 Å². The Hall–Kier alpha value is -2.06. The number of para-hydroxylation sites is 1. The highest BCUT2D eigenvalue weighted by Crippen LogP contribution is 2.37. The van der Waals surface area contributed by atoms with Crippen molar-refractivity contribution in [3.63, 3.8) is 0 Å². The summed E-state index contributed by atoms with van der Waals surface area (Å²) < 4.78 is 6.92. The van der Waals surface area contributed by atoms with E-state index in [1.54, 1.807) is 6.26 Å².